The summed E-state index contributed by atoms with van der Waals surface area (Å²) < 4.78 is 0. The molecule has 0 saturated carbocycles. The molecule has 2 nitrogen and oxygen atoms in total. The average Bonchev–Trinajstić information content (AvgIpc) is 2.30. The number of benzene rings is 1. The van der Waals surface area contributed by atoms with Gasteiger partial charge >= 0.3 is 0 Å². The minimum atomic E-state index is 0.260. The Morgan fingerprint density at radius 3 is 2.21 bits per heavy atom. The zero-order chi connectivity index (χ0) is 14.0. The summed E-state index contributed by atoms with van der Waals surface area (Å²) in [6, 6.07) is 10.9. The maximum atomic E-state index is 4.57. The van der Waals surface area contributed by atoms with E-state index in [2.05, 4.69) is 68.3 Å². The number of nitrogens with zero attached hydrogens (tertiary/aromatic N) is 1. The van der Waals surface area contributed by atoms with Gasteiger partial charge in [0.05, 0.1) is 6.04 Å². The van der Waals surface area contributed by atoms with E-state index in [9.17, 15) is 0 Å². The largest absolute Gasteiger partial charge is 0.378 e. The lowest BCUT2D eigenvalue weighted by Gasteiger charge is -2.20. The molecule has 1 unspecified atom stereocenters. The van der Waals surface area contributed by atoms with Crippen LogP contribution in [0.15, 0.2) is 30.3 Å². The molecule has 0 aliphatic rings. The van der Waals surface area contributed by atoms with Gasteiger partial charge in [-0.1, -0.05) is 17.7 Å². The normalized spacial score (nSPS) is 12.3. The molecule has 0 bridgehead atoms. The maximum Gasteiger partial charge on any atom is 0.0506 e. The van der Waals surface area contributed by atoms with Crippen LogP contribution in [-0.4, -0.2) is 4.98 Å². The van der Waals surface area contributed by atoms with E-state index in [-0.39, 0.29) is 6.04 Å². The van der Waals surface area contributed by atoms with Crippen LogP contribution in [0.25, 0.3) is 0 Å². The number of pyridine rings is 1. The van der Waals surface area contributed by atoms with Crippen LogP contribution in [0.5, 0.6) is 0 Å². The van der Waals surface area contributed by atoms with Crippen LogP contribution in [0.1, 0.15) is 41.0 Å². The fourth-order valence-electron chi connectivity index (χ4n) is 2.66. The predicted molar refractivity (Wildman–Crippen MR) is 81.7 cm³/mol. The molecule has 0 radical (unpaired) electrons. The fourth-order valence-corrected chi connectivity index (χ4v) is 2.66. The first-order valence-electron chi connectivity index (χ1n) is 6.75. The van der Waals surface area contributed by atoms with Gasteiger partial charge in [-0.25, -0.2) is 0 Å². The van der Waals surface area contributed by atoms with Gasteiger partial charge in [0.15, 0.2) is 0 Å². The molecule has 100 valence electrons. The molecule has 1 aromatic heterocycles. The summed E-state index contributed by atoms with van der Waals surface area (Å²) in [5.74, 6) is 0. The highest BCUT2D eigenvalue weighted by Gasteiger charge is 2.12. The van der Waals surface area contributed by atoms with E-state index in [1.807, 2.05) is 6.92 Å². The molecule has 2 aromatic rings. The van der Waals surface area contributed by atoms with E-state index in [0.717, 1.165) is 17.1 Å². The number of aromatic nitrogens is 1. The minimum Gasteiger partial charge on any atom is -0.378 e. The van der Waals surface area contributed by atoms with E-state index < -0.39 is 0 Å². The summed E-state index contributed by atoms with van der Waals surface area (Å²) in [6.45, 7) is 10.6. The molecule has 2 rings (SSSR count). The lowest BCUT2D eigenvalue weighted by Crippen LogP contribution is -2.11. The van der Waals surface area contributed by atoms with Crippen molar-refractivity contribution in [3.8, 4) is 0 Å². The molecule has 19 heavy (non-hydrogen) atoms. The van der Waals surface area contributed by atoms with E-state index in [1.165, 1.54) is 16.7 Å². The van der Waals surface area contributed by atoms with Gasteiger partial charge in [0, 0.05) is 17.1 Å². The van der Waals surface area contributed by atoms with Gasteiger partial charge in [-0.05, 0) is 63.9 Å². The Morgan fingerprint density at radius 2 is 1.63 bits per heavy atom. The van der Waals surface area contributed by atoms with Crippen LogP contribution < -0.4 is 5.32 Å². The molecule has 1 aromatic carbocycles. The van der Waals surface area contributed by atoms with Gasteiger partial charge in [-0.3, -0.25) is 4.98 Å². The van der Waals surface area contributed by atoms with E-state index in [1.54, 1.807) is 0 Å². The highest BCUT2D eigenvalue weighted by molar-refractivity contribution is 5.48. The van der Waals surface area contributed by atoms with Crippen molar-refractivity contribution in [1.29, 1.82) is 0 Å². The highest BCUT2D eigenvalue weighted by atomic mass is 14.9. The maximum absolute atomic E-state index is 4.57. The predicted octanol–water partition coefficient (Wildman–Crippen LogP) is 4.49. The van der Waals surface area contributed by atoms with Crippen molar-refractivity contribution in [3.05, 3.63) is 58.4 Å². The van der Waals surface area contributed by atoms with Gasteiger partial charge in [-0.2, -0.15) is 0 Å². The molecule has 2 heteroatoms. The molecule has 0 fully saturated rings. The Hall–Kier alpha value is -1.83. The van der Waals surface area contributed by atoms with Crippen molar-refractivity contribution in [1.82, 2.24) is 4.98 Å². The summed E-state index contributed by atoms with van der Waals surface area (Å²) in [5, 5.41) is 3.55. The number of hydrogen-bond acceptors (Lipinski definition) is 2. The van der Waals surface area contributed by atoms with Crippen molar-refractivity contribution in [3.63, 3.8) is 0 Å². The third kappa shape index (κ3) is 3.14. The number of hydrogen-bond donors (Lipinski definition) is 1. The molecular weight excluding hydrogens is 232 g/mol. The third-order valence-electron chi connectivity index (χ3n) is 3.45. The van der Waals surface area contributed by atoms with Crippen LogP contribution in [0.4, 0.5) is 5.69 Å². The lowest BCUT2D eigenvalue weighted by molar-refractivity contribution is 0.843. The number of anilines is 1. The second-order valence-electron chi connectivity index (χ2n) is 5.31. The quantitative estimate of drug-likeness (QED) is 0.873. The first-order chi connectivity index (χ1) is 8.97. The highest BCUT2D eigenvalue weighted by Crippen LogP contribution is 2.25. The molecule has 0 spiro atoms. The van der Waals surface area contributed by atoms with Gasteiger partial charge in [0.25, 0.3) is 0 Å². The van der Waals surface area contributed by atoms with Crippen molar-refractivity contribution in [2.24, 2.45) is 0 Å². The third-order valence-corrected chi connectivity index (χ3v) is 3.45. The Balaban J connectivity index is 2.25. The Bertz CT molecular complexity index is 547. The van der Waals surface area contributed by atoms with Crippen LogP contribution >= 0.6 is 0 Å². The second-order valence-corrected chi connectivity index (χ2v) is 5.31. The summed E-state index contributed by atoms with van der Waals surface area (Å²) in [7, 11) is 0. The van der Waals surface area contributed by atoms with Gasteiger partial charge < -0.3 is 5.32 Å². The first-order valence-corrected chi connectivity index (χ1v) is 6.75. The summed E-state index contributed by atoms with van der Waals surface area (Å²) in [5.41, 5.74) is 7.23. The zero-order valence-electron chi connectivity index (χ0n) is 12.4. The zero-order valence-corrected chi connectivity index (χ0v) is 12.4. The lowest BCUT2D eigenvalue weighted by atomic mass is 10.00. The second kappa shape index (κ2) is 5.43. The van der Waals surface area contributed by atoms with Gasteiger partial charge in [0.2, 0.25) is 0 Å². The van der Waals surface area contributed by atoms with Crippen molar-refractivity contribution >= 4 is 5.69 Å². The van der Waals surface area contributed by atoms with E-state index in [0.29, 0.717) is 0 Å². The van der Waals surface area contributed by atoms with Crippen molar-refractivity contribution in [2.75, 3.05) is 5.32 Å². The molecular formula is C17H22N2. The Labute approximate surface area is 115 Å². The smallest absolute Gasteiger partial charge is 0.0506 e. The van der Waals surface area contributed by atoms with E-state index in [4.69, 9.17) is 0 Å². The Morgan fingerprint density at radius 1 is 1.00 bits per heavy atom. The molecule has 1 N–H and O–H groups in total. The summed E-state index contributed by atoms with van der Waals surface area (Å²) in [6.07, 6.45) is 0. The number of aryl methyl sites for hydroxylation is 4. The van der Waals surface area contributed by atoms with Crippen LogP contribution in [0.2, 0.25) is 0 Å². The molecule has 1 heterocycles. The summed E-state index contributed by atoms with van der Waals surface area (Å²) in [4.78, 5) is 4.57. The van der Waals surface area contributed by atoms with Crippen LogP contribution in [-0.2, 0) is 0 Å². The van der Waals surface area contributed by atoms with Crippen LogP contribution in [0.3, 0.4) is 0 Å². The number of rotatable bonds is 3. The average molecular weight is 254 g/mol. The van der Waals surface area contributed by atoms with Gasteiger partial charge in [0.1, 0.15) is 0 Å². The fraction of sp³-hybridized carbons (Fsp3) is 0.353. The minimum absolute atomic E-state index is 0.260. The van der Waals surface area contributed by atoms with Gasteiger partial charge in [-0.15, -0.1) is 0 Å². The molecule has 0 aliphatic carbocycles. The molecule has 0 saturated heterocycles. The van der Waals surface area contributed by atoms with Crippen molar-refractivity contribution < 1.29 is 0 Å². The molecule has 0 aliphatic heterocycles. The molecule has 0 amide bonds. The monoisotopic (exact) mass is 254 g/mol. The van der Waals surface area contributed by atoms with E-state index >= 15 is 0 Å². The van der Waals surface area contributed by atoms with Crippen molar-refractivity contribution in [2.45, 2.75) is 40.7 Å². The number of nitrogens with one attached hydrogen (secondary N) is 1. The molecule has 1 atom stereocenters. The standard InChI is InChI=1S/C17H22N2/c1-11-6-8-16(9-7-11)19-15(5)17-12(2)10-13(3)18-14(17)4/h6-10,15,19H,1-5H3. The topological polar surface area (TPSA) is 24.9 Å². The Kier molecular flexibility index (Phi) is 3.89. The van der Waals surface area contributed by atoms with Crippen LogP contribution in [0, 0.1) is 27.7 Å². The summed E-state index contributed by atoms with van der Waals surface area (Å²) >= 11 is 0. The SMILES string of the molecule is Cc1ccc(NC(C)c2c(C)cc(C)nc2C)cc1. The first kappa shape index (κ1) is 13.6.